The maximum atomic E-state index is 11.8. The highest BCUT2D eigenvalue weighted by molar-refractivity contribution is 6.15. The van der Waals surface area contributed by atoms with Gasteiger partial charge in [-0.05, 0) is 31.2 Å². The average Bonchev–Trinajstić information content (AvgIpc) is 2.57. The van der Waals surface area contributed by atoms with Gasteiger partial charge < -0.3 is 29.1 Å². The summed E-state index contributed by atoms with van der Waals surface area (Å²) in [6.07, 6.45) is 9.42. The maximum absolute atomic E-state index is 11.8. The minimum absolute atomic E-state index is 0.324. The van der Waals surface area contributed by atoms with Crippen molar-refractivity contribution in [3.63, 3.8) is 0 Å². The van der Waals surface area contributed by atoms with Crippen LogP contribution in [0.4, 0.5) is 0 Å². The number of hydrogen-bond acceptors (Lipinski definition) is 8. The number of rotatable bonds is 11. The van der Waals surface area contributed by atoms with Gasteiger partial charge in [0.05, 0.1) is 0 Å². The molecule has 0 aliphatic carbocycles. The molecular weight excluding hydrogens is 354 g/mol. The number of nitrogens with zero attached hydrogens (tertiary/aromatic N) is 1. The van der Waals surface area contributed by atoms with Crippen molar-refractivity contribution in [1.82, 2.24) is 4.90 Å². The molecule has 1 rings (SSSR count). The summed E-state index contributed by atoms with van der Waals surface area (Å²) < 4.78 is 9.88. The van der Waals surface area contributed by atoms with Crippen molar-refractivity contribution in [2.24, 2.45) is 0 Å². The van der Waals surface area contributed by atoms with Gasteiger partial charge in [0, 0.05) is 45.9 Å². The first-order valence-corrected chi connectivity index (χ1v) is 8.66. The normalized spacial score (nSPS) is 16.7. The second-order valence-corrected chi connectivity index (χ2v) is 6.32. The van der Waals surface area contributed by atoms with Crippen LogP contribution in [0, 0.1) is 0 Å². The fourth-order valence-corrected chi connectivity index (χ4v) is 2.25. The largest absolute Gasteiger partial charge is 0.508 e. The average molecular weight is 379 g/mol. The first-order valence-electron chi connectivity index (χ1n) is 8.66. The third-order valence-corrected chi connectivity index (χ3v) is 3.51. The van der Waals surface area contributed by atoms with Crippen molar-refractivity contribution in [1.29, 1.82) is 0 Å². The van der Waals surface area contributed by atoms with Crippen LogP contribution in [0.5, 0.6) is 0 Å². The molecule has 1 aliphatic heterocycles. The number of carbonyl (C=O) groups excluding carboxylic acids is 4. The Kier molecular flexibility index (Phi) is 8.98. The van der Waals surface area contributed by atoms with E-state index in [1.165, 1.54) is 26.0 Å². The quantitative estimate of drug-likeness (QED) is 0.110. The molecule has 8 nitrogen and oxygen atoms in total. The van der Waals surface area contributed by atoms with E-state index >= 15 is 0 Å². The van der Waals surface area contributed by atoms with Gasteiger partial charge in [0.25, 0.3) is 5.79 Å². The molecule has 0 spiro atoms. The van der Waals surface area contributed by atoms with Crippen molar-refractivity contribution in [3.8, 4) is 0 Å². The predicted molar refractivity (Wildman–Crippen MR) is 96.4 cm³/mol. The summed E-state index contributed by atoms with van der Waals surface area (Å²) in [5.74, 6) is -3.40. The highest BCUT2D eigenvalue weighted by Gasteiger charge is 2.38. The van der Waals surface area contributed by atoms with E-state index in [1.807, 2.05) is 4.90 Å². The first-order chi connectivity index (χ1) is 12.8. The molecule has 0 aromatic rings. The number of aliphatic hydroxyl groups is 1. The second kappa shape index (κ2) is 10.9. The van der Waals surface area contributed by atoms with E-state index in [9.17, 15) is 24.3 Å². The summed E-state index contributed by atoms with van der Waals surface area (Å²) in [7, 11) is 0. The maximum Gasteiger partial charge on any atom is 0.348 e. The van der Waals surface area contributed by atoms with Gasteiger partial charge in [-0.1, -0.05) is 0 Å². The van der Waals surface area contributed by atoms with E-state index in [2.05, 4.69) is 0 Å². The molecule has 0 amide bonds. The van der Waals surface area contributed by atoms with Crippen LogP contribution in [0.2, 0.25) is 0 Å². The van der Waals surface area contributed by atoms with Gasteiger partial charge in [-0.2, -0.15) is 0 Å². The van der Waals surface area contributed by atoms with Crippen molar-refractivity contribution in [2.45, 2.75) is 45.3 Å². The van der Waals surface area contributed by atoms with Gasteiger partial charge in [0.1, 0.15) is 23.9 Å². The molecule has 1 fully saturated rings. The molecule has 148 valence electrons. The van der Waals surface area contributed by atoms with Gasteiger partial charge in [0.15, 0.2) is 0 Å². The number of esters is 2. The molecule has 0 aromatic carbocycles. The van der Waals surface area contributed by atoms with Crippen LogP contribution in [0.25, 0.3) is 0 Å². The number of carbonyl (C=O) groups is 4. The van der Waals surface area contributed by atoms with E-state index in [-0.39, 0.29) is 5.76 Å². The van der Waals surface area contributed by atoms with Crippen LogP contribution in [-0.4, -0.2) is 53.4 Å². The monoisotopic (exact) mass is 379 g/mol. The lowest BCUT2D eigenvalue weighted by Gasteiger charge is -2.29. The molecule has 1 N–H and O–H groups in total. The summed E-state index contributed by atoms with van der Waals surface area (Å²) in [4.78, 5) is 46.4. The lowest BCUT2D eigenvalue weighted by Crippen LogP contribution is -2.41. The molecule has 0 atom stereocenters. The van der Waals surface area contributed by atoms with Crippen LogP contribution in [0.15, 0.2) is 35.8 Å². The SMILES string of the molecule is CC1(C)OC(=O)C(=C/C(O)=C/C=C/N(CCCC=O)CCCC=O)C(=O)O1. The Morgan fingerprint density at radius 3 is 2.04 bits per heavy atom. The summed E-state index contributed by atoms with van der Waals surface area (Å²) in [5, 5.41) is 9.91. The molecule has 0 radical (unpaired) electrons. The lowest BCUT2D eigenvalue weighted by molar-refractivity contribution is -0.222. The Labute approximate surface area is 158 Å². The topological polar surface area (TPSA) is 110 Å². The van der Waals surface area contributed by atoms with E-state index in [1.54, 1.807) is 6.20 Å². The number of hydrogen-bond donors (Lipinski definition) is 1. The molecule has 0 saturated carbocycles. The Hall–Kier alpha value is -2.90. The molecule has 1 saturated heterocycles. The number of aldehydes is 2. The van der Waals surface area contributed by atoms with Crippen LogP contribution in [0.3, 0.4) is 0 Å². The van der Waals surface area contributed by atoms with Crippen molar-refractivity contribution >= 4 is 24.5 Å². The van der Waals surface area contributed by atoms with Crippen molar-refractivity contribution in [3.05, 3.63) is 35.8 Å². The van der Waals surface area contributed by atoms with Crippen LogP contribution in [-0.2, 0) is 28.7 Å². The number of ether oxygens (including phenoxy) is 2. The second-order valence-electron chi connectivity index (χ2n) is 6.32. The fraction of sp³-hybridized carbons (Fsp3) is 0.474. The Balaban J connectivity index is 2.74. The van der Waals surface area contributed by atoms with Gasteiger partial charge >= 0.3 is 11.9 Å². The van der Waals surface area contributed by atoms with Crippen LogP contribution >= 0.6 is 0 Å². The predicted octanol–water partition coefficient (Wildman–Crippen LogP) is 1.96. The smallest absolute Gasteiger partial charge is 0.348 e. The third-order valence-electron chi connectivity index (χ3n) is 3.51. The van der Waals surface area contributed by atoms with Crippen LogP contribution < -0.4 is 0 Å². The number of unbranched alkanes of at least 4 members (excludes halogenated alkanes) is 2. The third kappa shape index (κ3) is 8.35. The molecule has 8 heteroatoms. The molecule has 27 heavy (non-hydrogen) atoms. The Morgan fingerprint density at radius 1 is 1.04 bits per heavy atom. The molecule has 0 unspecified atom stereocenters. The Morgan fingerprint density at radius 2 is 1.56 bits per heavy atom. The van der Waals surface area contributed by atoms with Gasteiger partial charge in [-0.15, -0.1) is 0 Å². The molecule has 1 heterocycles. The zero-order chi connectivity index (χ0) is 20.3. The van der Waals surface area contributed by atoms with E-state index < -0.39 is 23.3 Å². The molecule has 1 aliphatic rings. The summed E-state index contributed by atoms with van der Waals surface area (Å²) in [6, 6.07) is 0. The molecular formula is C19H25NO7. The van der Waals surface area contributed by atoms with E-state index in [0.717, 1.165) is 18.6 Å². The van der Waals surface area contributed by atoms with Crippen molar-refractivity contribution in [2.75, 3.05) is 13.1 Å². The Bertz CT molecular complexity index is 610. The fourth-order valence-electron chi connectivity index (χ4n) is 2.25. The van der Waals surface area contributed by atoms with Gasteiger partial charge in [-0.3, -0.25) is 0 Å². The van der Waals surface area contributed by atoms with Crippen LogP contribution in [0.1, 0.15) is 39.5 Å². The number of aliphatic hydroxyl groups excluding tert-OH is 1. The minimum Gasteiger partial charge on any atom is -0.508 e. The standard InChI is InChI=1S/C19H25NO7/c1-19(2)26-17(24)16(18(25)27-19)14-15(23)8-7-11-20(9-3-5-12-21)10-4-6-13-22/h7-8,11-14,23H,3-6,9-10H2,1-2H3/b11-7+,15-8-. The highest BCUT2D eigenvalue weighted by atomic mass is 16.7. The van der Waals surface area contributed by atoms with E-state index in [4.69, 9.17) is 9.47 Å². The highest BCUT2D eigenvalue weighted by Crippen LogP contribution is 2.23. The van der Waals surface area contributed by atoms with Gasteiger partial charge in [0.2, 0.25) is 0 Å². The van der Waals surface area contributed by atoms with Gasteiger partial charge in [-0.25, -0.2) is 9.59 Å². The molecule has 0 bridgehead atoms. The summed E-state index contributed by atoms with van der Waals surface area (Å²) >= 11 is 0. The molecule has 0 aromatic heterocycles. The van der Waals surface area contributed by atoms with E-state index in [0.29, 0.717) is 38.8 Å². The van der Waals surface area contributed by atoms with Crippen molar-refractivity contribution < 1.29 is 33.8 Å². The number of cyclic esters (lactones) is 2. The summed E-state index contributed by atoms with van der Waals surface area (Å²) in [5.41, 5.74) is -0.398. The zero-order valence-corrected chi connectivity index (χ0v) is 15.6. The summed E-state index contributed by atoms with van der Waals surface area (Å²) in [6.45, 7) is 4.11. The zero-order valence-electron chi connectivity index (χ0n) is 15.6. The first kappa shape index (κ1) is 22.1. The minimum atomic E-state index is -1.34. The number of allylic oxidation sites excluding steroid dienone is 3. The lowest BCUT2D eigenvalue weighted by atomic mass is 10.2.